The van der Waals surface area contributed by atoms with Crippen LogP contribution in [0.2, 0.25) is 0 Å². The van der Waals surface area contributed by atoms with Crippen LogP contribution in [0.25, 0.3) is 10.8 Å². The van der Waals surface area contributed by atoms with Crippen molar-refractivity contribution in [3.8, 4) is 0 Å². The molecule has 0 saturated carbocycles. The van der Waals surface area contributed by atoms with Crippen molar-refractivity contribution in [2.75, 3.05) is 0 Å². The van der Waals surface area contributed by atoms with Crippen LogP contribution < -0.4 is 5.63 Å². The summed E-state index contributed by atoms with van der Waals surface area (Å²) in [6.45, 7) is 2.01. The quantitative estimate of drug-likeness (QED) is 0.567. The van der Waals surface area contributed by atoms with Gasteiger partial charge < -0.3 is 4.42 Å². The molecule has 1 aromatic heterocycles. The van der Waals surface area contributed by atoms with Crippen LogP contribution in [0.5, 0.6) is 0 Å². The first-order valence-corrected chi connectivity index (χ1v) is 7.94. The molecular formula is C17H17BrO2. The van der Waals surface area contributed by atoms with E-state index in [0.29, 0.717) is 11.3 Å². The van der Waals surface area contributed by atoms with E-state index >= 15 is 0 Å². The lowest BCUT2D eigenvalue weighted by Gasteiger charge is -2.23. The van der Waals surface area contributed by atoms with Crippen molar-refractivity contribution in [1.82, 2.24) is 0 Å². The van der Waals surface area contributed by atoms with Crippen LogP contribution >= 0.6 is 15.9 Å². The molecule has 3 rings (SSSR count). The molecule has 0 radical (unpaired) electrons. The molecule has 0 aliphatic heterocycles. The van der Waals surface area contributed by atoms with Crippen molar-refractivity contribution < 1.29 is 4.42 Å². The maximum atomic E-state index is 12.1. The first-order valence-electron chi connectivity index (χ1n) is 7.03. The molecule has 2 atom stereocenters. The smallest absolute Gasteiger partial charge is 0.343 e. The van der Waals surface area contributed by atoms with Crippen molar-refractivity contribution in [3.63, 3.8) is 0 Å². The summed E-state index contributed by atoms with van der Waals surface area (Å²) in [4.78, 5) is 12.2. The fourth-order valence-electron chi connectivity index (χ4n) is 3.01. The Balaban J connectivity index is 2.31. The van der Waals surface area contributed by atoms with E-state index in [1.807, 2.05) is 31.2 Å². The third-order valence-electron chi connectivity index (χ3n) is 3.94. The van der Waals surface area contributed by atoms with E-state index in [1.165, 1.54) is 5.56 Å². The van der Waals surface area contributed by atoms with Crippen LogP contribution in [0.15, 0.2) is 45.6 Å². The van der Waals surface area contributed by atoms with Gasteiger partial charge in [0.15, 0.2) is 0 Å². The Hall–Kier alpha value is -1.35. The molecule has 3 heteroatoms. The number of hydrogen-bond donors (Lipinski definition) is 0. The molecule has 1 aromatic carbocycles. The Labute approximate surface area is 126 Å². The lowest BCUT2D eigenvalue weighted by molar-refractivity contribution is 0.452. The molecule has 104 valence electrons. The van der Waals surface area contributed by atoms with Gasteiger partial charge in [-0.15, -0.1) is 0 Å². The summed E-state index contributed by atoms with van der Waals surface area (Å²) in [7, 11) is 0. The highest BCUT2D eigenvalue weighted by atomic mass is 79.9. The van der Waals surface area contributed by atoms with E-state index in [9.17, 15) is 4.79 Å². The summed E-state index contributed by atoms with van der Waals surface area (Å²) in [5, 5.41) is 1.74. The normalized spacial score (nSPS) is 20.2. The lowest BCUT2D eigenvalue weighted by Crippen LogP contribution is -2.11. The first kappa shape index (κ1) is 13.6. The van der Waals surface area contributed by atoms with Crippen molar-refractivity contribution in [2.45, 2.75) is 36.9 Å². The lowest BCUT2D eigenvalue weighted by atomic mass is 9.84. The summed E-state index contributed by atoms with van der Waals surface area (Å²) in [6.07, 6.45) is 7.69. The zero-order chi connectivity index (χ0) is 14.1. The number of rotatable bonds is 2. The van der Waals surface area contributed by atoms with Crippen LogP contribution in [0, 0.1) is 0 Å². The van der Waals surface area contributed by atoms with E-state index in [0.717, 1.165) is 30.4 Å². The van der Waals surface area contributed by atoms with Crippen molar-refractivity contribution in [2.24, 2.45) is 0 Å². The van der Waals surface area contributed by atoms with E-state index in [4.69, 9.17) is 4.42 Å². The zero-order valence-electron chi connectivity index (χ0n) is 11.4. The molecule has 0 fully saturated rings. The SMILES string of the molecule is CC(Br)c1oc(=O)c2ccccc2c1C1CC=CCC1. The van der Waals surface area contributed by atoms with Crippen LogP contribution in [-0.4, -0.2) is 0 Å². The van der Waals surface area contributed by atoms with Gasteiger partial charge >= 0.3 is 5.63 Å². The van der Waals surface area contributed by atoms with Gasteiger partial charge in [0.25, 0.3) is 0 Å². The van der Waals surface area contributed by atoms with E-state index in [1.54, 1.807) is 0 Å². The highest BCUT2D eigenvalue weighted by Gasteiger charge is 2.24. The molecule has 0 N–H and O–H groups in total. The Morgan fingerprint density at radius 3 is 2.65 bits per heavy atom. The molecule has 0 spiro atoms. The molecule has 2 nitrogen and oxygen atoms in total. The number of benzene rings is 1. The fraction of sp³-hybridized carbons (Fsp3) is 0.353. The molecule has 0 bridgehead atoms. The summed E-state index contributed by atoms with van der Waals surface area (Å²) in [6, 6.07) is 7.78. The number of hydrogen-bond acceptors (Lipinski definition) is 2. The van der Waals surface area contributed by atoms with E-state index in [-0.39, 0.29) is 10.5 Å². The molecule has 20 heavy (non-hydrogen) atoms. The van der Waals surface area contributed by atoms with Gasteiger partial charge in [0, 0.05) is 5.56 Å². The summed E-state index contributed by atoms with van der Waals surface area (Å²) < 4.78 is 5.61. The second-order valence-corrected chi connectivity index (χ2v) is 6.68. The molecule has 1 aliphatic carbocycles. The van der Waals surface area contributed by atoms with Crippen LogP contribution in [0.3, 0.4) is 0 Å². The monoisotopic (exact) mass is 332 g/mol. The minimum atomic E-state index is -0.239. The average molecular weight is 333 g/mol. The average Bonchev–Trinajstić information content (AvgIpc) is 2.48. The van der Waals surface area contributed by atoms with Gasteiger partial charge in [0.05, 0.1) is 10.2 Å². The molecule has 0 saturated heterocycles. The summed E-state index contributed by atoms with van der Waals surface area (Å²) in [5.74, 6) is 1.22. The van der Waals surface area contributed by atoms with Gasteiger partial charge in [-0.3, -0.25) is 0 Å². The van der Waals surface area contributed by atoms with Gasteiger partial charge in [-0.1, -0.05) is 46.3 Å². The Morgan fingerprint density at radius 2 is 2.00 bits per heavy atom. The topological polar surface area (TPSA) is 30.2 Å². The third-order valence-corrected chi connectivity index (χ3v) is 4.36. The number of allylic oxidation sites excluding steroid dienone is 2. The van der Waals surface area contributed by atoms with E-state index in [2.05, 4.69) is 28.1 Å². The largest absolute Gasteiger partial charge is 0.426 e. The van der Waals surface area contributed by atoms with Gasteiger partial charge in [0.1, 0.15) is 5.76 Å². The van der Waals surface area contributed by atoms with Gasteiger partial charge in [-0.2, -0.15) is 0 Å². The molecular weight excluding hydrogens is 316 g/mol. The van der Waals surface area contributed by atoms with Crippen LogP contribution in [0.4, 0.5) is 0 Å². The van der Waals surface area contributed by atoms with Crippen molar-refractivity contribution >= 4 is 26.7 Å². The predicted octanol–water partition coefficient (Wildman–Crippen LogP) is 5.07. The fourth-order valence-corrected chi connectivity index (χ4v) is 3.35. The van der Waals surface area contributed by atoms with Crippen LogP contribution in [-0.2, 0) is 0 Å². The highest BCUT2D eigenvalue weighted by Crippen LogP contribution is 2.39. The maximum Gasteiger partial charge on any atom is 0.343 e. The Bertz CT molecular complexity index is 712. The van der Waals surface area contributed by atoms with Crippen LogP contribution in [0.1, 0.15) is 48.3 Å². The first-order chi connectivity index (χ1) is 9.68. The van der Waals surface area contributed by atoms with Crippen molar-refractivity contribution in [3.05, 3.63) is 58.2 Å². The number of fused-ring (bicyclic) bond motifs is 1. The summed E-state index contributed by atoms with van der Waals surface area (Å²) >= 11 is 3.57. The standard InChI is InChI=1S/C17H17BrO2/c1-11(18)16-15(12-7-3-2-4-8-12)13-9-5-6-10-14(13)17(19)20-16/h2-3,5-6,9-12H,4,7-8H2,1H3. The van der Waals surface area contributed by atoms with E-state index < -0.39 is 0 Å². The molecule has 1 heterocycles. The third kappa shape index (κ3) is 2.35. The van der Waals surface area contributed by atoms with Gasteiger partial charge in [0.2, 0.25) is 0 Å². The maximum absolute atomic E-state index is 12.1. The molecule has 1 aliphatic rings. The zero-order valence-corrected chi connectivity index (χ0v) is 13.0. The number of alkyl halides is 1. The van der Waals surface area contributed by atoms with Gasteiger partial charge in [-0.05, 0) is 43.6 Å². The predicted molar refractivity (Wildman–Crippen MR) is 85.6 cm³/mol. The summed E-state index contributed by atoms with van der Waals surface area (Å²) in [5.41, 5.74) is 0.964. The molecule has 2 aromatic rings. The second-order valence-electron chi connectivity index (χ2n) is 5.31. The minimum absolute atomic E-state index is 0.0423. The van der Waals surface area contributed by atoms with Crippen molar-refractivity contribution in [1.29, 1.82) is 0 Å². The Morgan fingerprint density at radius 1 is 1.25 bits per heavy atom. The second kappa shape index (κ2) is 5.57. The molecule has 0 amide bonds. The highest BCUT2D eigenvalue weighted by molar-refractivity contribution is 9.09. The van der Waals surface area contributed by atoms with Gasteiger partial charge in [-0.25, -0.2) is 4.79 Å². The minimum Gasteiger partial charge on any atom is -0.426 e. The molecule has 2 unspecified atom stereocenters. The Kier molecular flexibility index (Phi) is 3.79. The number of halogens is 1.